The number of nitriles is 1. The second kappa shape index (κ2) is 5.19. The number of halogens is 1. The summed E-state index contributed by atoms with van der Waals surface area (Å²) in [6, 6.07) is 5.93. The molecule has 0 radical (unpaired) electrons. The highest BCUT2D eigenvalue weighted by Crippen LogP contribution is 2.50. The van der Waals surface area contributed by atoms with Crippen molar-refractivity contribution in [1.29, 1.82) is 5.26 Å². The molecule has 1 N–H and O–H groups in total. The molecule has 7 heteroatoms. The molecule has 0 heterocycles. The molecular formula is C13H12BrNO4S. The van der Waals surface area contributed by atoms with Crippen molar-refractivity contribution in [3.05, 3.63) is 28.2 Å². The summed E-state index contributed by atoms with van der Waals surface area (Å²) in [5, 5.41) is 17.7. The zero-order valence-corrected chi connectivity index (χ0v) is 12.9. The number of hydrogen-bond acceptors (Lipinski definition) is 4. The maximum absolute atomic E-state index is 12.4. The molecule has 1 aromatic carbocycles. The molecule has 5 nitrogen and oxygen atoms in total. The fraction of sp³-hybridized carbons (Fsp3) is 0.385. The molecule has 20 heavy (non-hydrogen) atoms. The predicted octanol–water partition coefficient (Wildman–Crippen LogP) is 2.61. The molecule has 0 aromatic heterocycles. The number of benzene rings is 1. The summed E-state index contributed by atoms with van der Waals surface area (Å²) in [6.45, 7) is 0. The van der Waals surface area contributed by atoms with E-state index >= 15 is 0 Å². The quantitative estimate of drug-likeness (QED) is 0.873. The zero-order chi connectivity index (χ0) is 15.0. The van der Waals surface area contributed by atoms with Gasteiger partial charge in [0.05, 0.1) is 22.3 Å². The van der Waals surface area contributed by atoms with Crippen LogP contribution in [-0.2, 0) is 9.84 Å². The average molecular weight is 358 g/mol. The van der Waals surface area contributed by atoms with Gasteiger partial charge in [-0.25, -0.2) is 13.2 Å². The third kappa shape index (κ3) is 3.02. The van der Waals surface area contributed by atoms with Crippen LogP contribution in [0.25, 0.3) is 0 Å². The van der Waals surface area contributed by atoms with Crippen molar-refractivity contribution in [1.82, 2.24) is 0 Å². The lowest BCUT2D eigenvalue weighted by Gasteiger charge is -2.13. The molecule has 0 atom stereocenters. The van der Waals surface area contributed by atoms with Crippen LogP contribution >= 0.6 is 15.9 Å². The fourth-order valence-electron chi connectivity index (χ4n) is 2.07. The normalized spacial score (nSPS) is 16.4. The minimum absolute atomic E-state index is 0.0263. The maximum atomic E-state index is 12.4. The fourth-order valence-corrected chi connectivity index (χ4v) is 5.08. The summed E-state index contributed by atoms with van der Waals surface area (Å²) in [6.07, 6.45) is 1.65. The molecule has 1 aromatic rings. The van der Waals surface area contributed by atoms with Crippen molar-refractivity contribution >= 4 is 31.7 Å². The van der Waals surface area contributed by atoms with Gasteiger partial charge in [0.2, 0.25) is 0 Å². The molecule has 0 amide bonds. The molecule has 0 aliphatic heterocycles. The highest BCUT2D eigenvalue weighted by Gasteiger charge is 2.46. The van der Waals surface area contributed by atoms with Crippen LogP contribution in [0.2, 0.25) is 0 Å². The van der Waals surface area contributed by atoms with E-state index in [2.05, 4.69) is 15.9 Å². The second-order valence-electron chi connectivity index (χ2n) is 5.04. The van der Waals surface area contributed by atoms with Gasteiger partial charge < -0.3 is 5.11 Å². The van der Waals surface area contributed by atoms with E-state index in [9.17, 15) is 13.2 Å². The first-order valence-electron chi connectivity index (χ1n) is 5.92. The van der Waals surface area contributed by atoms with Crippen LogP contribution in [0.4, 0.5) is 0 Å². The van der Waals surface area contributed by atoms with E-state index in [1.807, 2.05) is 6.07 Å². The SMILES string of the molecule is N#CCC1(CS(=O)(=O)c2cc(C(=O)O)ccc2Br)CC1. The Morgan fingerprint density at radius 1 is 1.45 bits per heavy atom. The van der Waals surface area contributed by atoms with Gasteiger partial charge in [-0.2, -0.15) is 5.26 Å². The van der Waals surface area contributed by atoms with E-state index in [-0.39, 0.29) is 22.6 Å². The molecule has 0 unspecified atom stereocenters. The van der Waals surface area contributed by atoms with Crippen molar-refractivity contribution in [2.24, 2.45) is 5.41 Å². The Bertz CT molecular complexity index is 702. The molecule has 2 rings (SSSR count). The van der Waals surface area contributed by atoms with Gasteiger partial charge in [0, 0.05) is 10.9 Å². The third-order valence-electron chi connectivity index (χ3n) is 3.42. The minimum atomic E-state index is -3.63. The Hall–Kier alpha value is -1.39. The monoisotopic (exact) mass is 357 g/mol. The second-order valence-corrected chi connectivity index (χ2v) is 7.86. The van der Waals surface area contributed by atoms with E-state index < -0.39 is 21.2 Å². The topological polar surface area (TPSA) is 95.2 Å². The van der Waals surface area contributed by atoms with E-state index in [0.717, 1.165) is 18.9 Å². The molecule has 0 saturated heterocycles. The molecule has 0 bridgehead atoms. The lowest BCUT2D eigenvalue weighted by Crippen LogP contribution is -2.18. The first-order valence-corrected chi connectivity index (χ1v) is 8.37. The smallest absolute Gasteiger partial charge is 0.335 e. The van der Waals surface area contributed by atoms with E-state index in [1.54, 1.807) is 0 Å². The van der Waals surface area contributed by atoms with Crippen molar-refractivity contribution in [3.63, 3.8) is 0 Å². The number of sulfone groups is 1. The Morgan fingerprint density at radius 2 is 2.10 bits per heavy atom. The Balaban J connectivity index is 2.37. The van der Waals surface area contributed by atoms with Crippen LogP contribution in [0, 0.1) is 16.7 Å². The van der Waals surface area contributed by atoms with E-state index in [0.29, 0.717) is 4.47 Å². The molecular weight excluding hydrogens is 346 g/mol. The summed E-state index contributed by atoms with van der Waals surface area (Å²) in [7, 11) is -3.63. The van der Waals surface area contributed by atoms with Crippen LogP contribution < -0.4 is 0 Å². The van der Waals surface area contributed by atoms with Crippen LogP contribution in [0.3, 0.4) is 0 Å². The predicted molar refractivity (Wildman–Crippen MR) is 75.1 cm³/mol. The highest BCUT2D eigenvalue weighted by molar-refractivity contribution is 9.10. The number of rotatable bonds is 5. The van der Waals surface area contributed by atoms with E-state index in [4.69, 9.17) is 10.4 Å². The van der Waals surface area contributed by atoms with Crippen LogP contribution in [-0.4, -0.2) is 25.2 Å². The average Bonchev–Trinajstić information content (AvgIpc) is 3.08. The van der Waals surface area contributed by atoms with Crippen molar-refractivity contribution in [2.45, 2.75) is 24.2 Å². The maximum Gasteiger partial charge on any atom is 0.335 e. The zero-order valence-electron chi connectivity index (χ0n) is 10.5. The van der Waals surface area contributed by atoms with Gasteiger partial charge in [0.15, 0.2) is 9.84 Å². The minimum Gasteiger partial charge on any atom is -0.478 e. The number of carbonyl (C=O) groups is 1. The summed E-state index contributed by atoms with van der Waals surface area (Å²) in [4.78, 5) is 10.9. The van der Waals surface area contributed by atoms with Crippen LogP contribution in [0.15, 0.2) is 27.6 Å². The van der Waals surface area contributed by atoms with Crippen molar-refractivity contribution in [2.75, 3.05) is 5.75 Å². The van der Waals surface area contributed by atoms with Crippen LogP contribution in [0.5, 0.6) is 0 Å². The molecule has 1 saturated carbocycles. The van der Waals surface area contributed by atoms with E-state index in [1.165, 1.54) is 12.1 Å². The number of carboxylic acid groups (broad SMARTS) is 1. The lowest BCUT2D eigenvalue weighted by molar-refractivity contribution is 0.0696. The third-order valence-corrected chi connectivity index (χ3v) is 6.37. The number of nitrogens with zero attached hydrogens (tertiary/aromatic N) is 1. The van der Waals surface area contributed by atoms with Gasteiger partial charge >= 0.3 is 5.97 Å². The number of hydrogen-bond donors (Lipinski definition) is 1. The molecule has 1 aliphatic rings. The summed E-state index contributed by atoms with van der Waals surface area (Å²) >= 11 is 3.15. The van der Waals surface area contributed by atoms with Crippen molar-refractivity contribution in [3.8, 4) is 6.07 Å². The molecule has 0 spiro atoms. The first kappa shape index (κ1) is 15.0. The Kier molecular flexibility index (Phi) is 3.89. The van der Waals surface area contributed by atoms with Gasteiger partial charge in [-0.15, -0.1) is 0 Å². The van der Waals surface area contributed by atoms with Gasteiger partial charge in [0.1, 0.15) is 0 Å². The van der Waals surface area contributed by atoms with Gasteiger partial charge in [-0.3, -0.25) is 0 Å². The summed E-state index contributed by atoms with van der Waals surface area (Å²) in [5.74, 6) is -1.29. The highest BCUT2D eigenvalue weighted by atomic mass is 79.9. The standard InChI is InChI=1S/C13H12BrNO4S/c14-10-2-1-9(12(16)17)7-11(10)20(18,19)8-13(3-4-13)5-6-15/h1-2,7H,3-5,8H2,(H,16,17). The molecule has 1 aliphatic carbocycles. The Morgan fingerprint density at radius 3 is 2.60 bits per heavy atom. The largest absolute Gasteiger partial charge is 0.478 e. The summed E-state index contributed by atoms with van der Waals surface area (Å²) < 4.78 is 25.2. The first-order chi connectivity index (χ1) is 9.30. The van der Waals surface area contributed by atoms with Crippen LogP contribution in [0.1, 0.15) is 29.6 Å². The van der Waals surface area contributed by atoms with Gasteiger partial charge in [-0.05, 0) is 52.4 Å². The van der Waals surface area contributed by atoms with Gasteiger partial charge in [-0.1, -0.05) is 0 Å². The Labute approximate surface area is 125 Å². The molecule has 1 fully saturated rings. The number of carboxylic acids is 1. The lowest BCUT2D eigenvalue weighted by atomic mass is 10.1. The van der Waals surface area contributed by atoms with Gasteiger partial charge in [0.25, 0.3) is 0 Å². The molecule has 106 valence electrons. The number of aromatic carboxylic acids is 1. The summed E-state index contributed by atoms with van der Waals surface area (Å²) in [5.41, 5.74) is -0.524. The van der Waals surface area contributed by atoms with Crippen molar-refractivity contribution < 1.29 is 18.3 Å².